The molecule has 3 aromatic rings. The molecule has 0 fully saturated rings. The van der Waals surface area contributed by atoms with Crippen molar-refractivity contribution in [3.8, 4) is 0 Å². The average molecular weight is 374 g/mol. The van der Waals surface area contributed by atoms with Gasteiger partial charge in [0.05, 0.1) is 0 Å². The zero-order valence-corrected chi connectivity index (χ0v) is 15.7. The van der Waals surface area contributed by atoms with Gasteiger partial charge in [0.15, 0.2) is 0 Å². The zero-order chi connectivity index (χ0) is 19.8. The van der Waals surface area contributed by atoms with E-state index in [9.17, 15) is 4.79 Å². The van der Waals surface area contributed by atoms with E-state index >= 15 is 0 Å². The molecule has 142 valence electrons. The predicted molar refractivity (Wildman–Crippen MR) is 114 cm³/mol. The third-order valence-electron chi connectivity index (χ3n) is 3.81. The van der Waals surface area contributed by atoms with Gasteiger partial charge in [-0.2, -0.15) is 0 Å². The molecule has 0 radical (unpaired) electrons. The molecule has 1 amide bonds. The third kappa shape index (κ3) is 5.31. The van der Waals surface area contributed by atoms with Gasteiger partial charge in [-0.25, -0.2) is 9.97 Å². The van der Waals surface area contributed by atoms with Crippen molar-refractivity contribution < 1.29 is 4.79 Å². The Hall–Kier alpha value is -3.87. The van der Waals surface area contributed by atoms with Crippen LogP contribution in [0.1, 0.15) is 6.92 Å². The molecule has 0 unspecified atom stereocenters. The van der Waals surface area contributed by atoms with E-state index in [2.05, 4.69) is 31.2 Å². The highest BCUT2D eigenvalue weighted by atomic mass is 16.1. The lowest BCUT2D eigenvalue weighted by atomic mass is 10.2. The highest BCUT2D eigenvalue weighted by molar-refractivity contribution is 5.99. The van der Waals surface area contributed by atoms with Crippen LogP contribution in [-0.2, 0) is 4.79 Å². The number of allylic oxidation sites excluding steroid dienone is 1. The minimum Gasteiger partial charge on any atom is -0.388 e. The Morgan fingerprint density at radius 2 is 1.43 bits per heavy atom. The van der Waals surface area contributed by atoms with E-state index in [1.165, 1.54) is 12.4 Å². The molecule has 7 nitrogen and oxygen atoms in total. The third-order valence-corrected chi connectivity index (χ3v) is 3.81. The Morgan fingerprint density at radius 3 is 2.04 bits per heavy atom. The summed E-state index contributed by atoms with van der Waals surface area (Å²) >= 11 is 0. The molecule has 3 rings (SSSR count). The van der Waals surface area contributed by atoms with Gasteiger partial charge in [-0.15, -0.1) is 0 Å². The first-order valence-electron chi connectivity index (χ1n) is 8.84. The van der Waals surface area contributed by atoms with Gasteiger partial charge in [0.1, 0.15) is 18.0 Å². The number of anilines is 6. The molecule has 0 saturated carbocycles. The highest BCUT2D eigenvalue weighted by Crippen LogP contribution is 2.22. The highest BCUT2D eigenvalue weighted by Gasteiger charge is 2.03. The van der Waals surface area contributed by atoms with Crippen molar-refractivity contribution >= 4 is 40.3 Å². The fourth-order valence-corrected chi connectivity index (χ4v) is 2.55. The van der Waals surface area contributed by atoms with Gasteiger partial charge in [0.2, 0.25) is 5.91 Å². The number of nitrogens with one attached hydrogen (secondary N) is 4. The molecule has 1 heterocycles. The Kier molecular flexibility index (Phi) is 6.20. The van der Waals surface area contributed by atoms with Crippen LogP contribution in [0.2, 0.25) is 0 Å². The second kappa shape index (κ2) is 9.18. The lowest BCUT2D eigenvalue weighted by molar-refractivity contribution is -0.111. The molecule has 0 aliphatic heterocycles. The first-order valence-corrected chi connectivity index (χ1v) is 8.84. The summed E-state index contributed by atoms with van der Waals surface area (Å²) < 4.78 is 0. The number of benzene rings is 2. The Labute approximate surface area is 163 Å². The second-order valence-electron chi connectivity index (χ2n) is 5.94. The molecule has 0 bridgehead atoms. The van der Waals surface area contributed by atoms with Gasteiger partial charge in [-0.1, -0.05) is 18.2 Å². The minimum atomic E-state index is -0.169. The maximum absolute atomic E-state index is 11.7. The van der Waals surface area contributed by atoms with E-state index in [1.54, 1.807) is 13.0 Å². The van der Waals surface area contributed by atoms with Crippen molar-refractivity contribution in [2.75, 3.05) is 28.3 Å². The van der Waals surface area contributed by atoms with Gasteiger partial charge in [0, 0.05) is 35.9 Å². The van der Waals surface area contributed by atoms with E-state index < -0.39 is 0 Å². The SMILES string of the molecule is C/C=C/C(=O)Nc1cccc(Nc2cc(Nc3cccc(NC)c3)ncn2)c1. The van der Waals surface area contributed by atoms with Crippen LogP contribution in [0.15, 0.2) is 73.1 Å². The van der Waals surface area contributed by atoms with Crippen LogP contribution in [0.25, 0.3) is 0 Å². The van der Waals surface area contributed by atoms with Crippen molar-refractivity contribution in [2.24, 2.45) is 0 Å². The minimum absolute atomic E-state index is 0.169. The first kappa shape index (κ1) is 18.9. The molecule has 0 saturated heterocycles. The van der Waals surface area contributed by atoms with E-state index in [4.69, 9.17) is 0 Å². The zero-order valence-electron chi connectivity index (χ0n) is 15.7. The summed E-state index contributed by atoms with van der Waals surface area (Å²) in [5.74, 6) is 1.14. The van der Waals surface area contributed by atoms with E-state index in [1.807, 2.05) is 61.6 Å². The standard InChI is InChI=1S/C21H22N6O/c1-3-6-21(28)27-18-10-5-9-17(12-18)26-20-13-19(23-14-24-20)25-16-8-4-7-15(11-16)22-2/h3-14,22H,1-2H3,(H,27,28)(H2,23,24,25,26)/b6-3+. The molecule has 1 aromatic heterocycles. The number of carbonyl (C=O) groups excluding carboxylic acids is 1. The number of rotatable bonds is 7. The smallest absolute Gasteiger partial charge is 0.248 e. The molecule has 0 aliphatic carbocycles. The summed E-state index contributed by atoms with van der Waals surface area (Å²) in [6, 6.07) is 17.1. The molecule has 4 N–H and O–H groups in total. The quantitative estimate of drug-likeness (QED) is 0.455. The topological polar surface area (TPSA) is 91.0 Å². The molecular formula is C21H22N6O. The normalized spacial score (nSPS) is 10.5. The average Bonchev–Trinajstić information content (AvgIpc) is 2.69. The molecule has 0 aliphatic rings. The van der Waals surface area contributed by atoms with Crippen LogP contribution in [0, 0.1) is 0 Å². The molecule has 0 spiro atoms. The van der Waals surface area contributed by atoms with Crippen LogP contribution in [0.3, 0.4) is 0 Å². The summed E-state index contributed by atoms with van der Waals surface area (Å²) in [5, 5.41) is 12.4. The maximum Gasteiger partial charge on any atom is 0.248 e. The maximum atomic E-state index is 11.7. The number of nitrogens with zero attached hydrogens (tertiary/aromatic N) is 2. The summed E-state index contributed by atoms with van der Waals surface area (Å²) in [7, 11) is 1.88. The van der Waals surface area contributed by atoms with Gasteiger partial charge >= 0.3 is 0 Å². The number of amides is 1. The van der Waals surface area contributed by atoms with Crippen LogP contribution < -0.4 is 21.3 Å². The van der Waals surface area contributed by atoms with Crippen LogP contribution in [0.5, 0.6) is 0 Å². The van der Waals surface area contributed by atoms with Gasteiger partial charge in [-0.05, 0) is 49.4 Å². The molecule has 7 heteroatoms. The molecular weight excluding hydrogens is 352 g/mol. The Bertz CT molecular complexity index is 986. The van der Waals surface area contributed by atoms with E-state index in [0.29, 0.717) is 17.3 Å². The molecule has 2 aromatic carbocycles. The summed E-state index contributed by atoms with van der Waals surface area (Å²) in [4.78, 5) is 20.2. The fourth-order valence-electron chi connectivity index (χ4n) is 2.55. The Balaban J connectivity index is 1.71. The van der Waals surface area contributed by atoms with Gasteiger partial charge in [0.25, 0.3) is 0 Å². The molecule has 0 atom stereocenters. The summed E-state index contributed by atoms with van der Waals surface area (Å²) in [6.45, 7) is 1.80. The number of aromatic nitrogens is 2. The molecule has 28 heavy (non-hydrogen) atoms. The number of hydrogen-bond acceptors (Lipinski definition) is 6. The fraction of sp³-hybridized carbons (Fsp3) is 0.0952. The summed E-state index contributed by atoms with van der Waals surface area (Å²) in [6.07, 6.45) is 4.66. The predicted octanol–water partition coefficient (Wildman–Crippen LogP) is 4.52. The summed E-state index contributed by atoms with van der Waals surface area (Å²) in [5.41, 5.74) is 3.43. The second-order valence-corrected chi connectivity index (χ2v) is 5.94. The largest absolute Gasteiger partial charge is 0.388 e. The first-order chi connectivity index (χ1) is 13.7. The number of hydrogen-bond donors (Lipinski definition) is 4. The lowest BCUT2D eigenvalue weighted by Gasteiger charge is -2.11. The van der Waals surface area contributed by atoms with Crippen molar-refractivity contribution in [3.63, 3.8) is 0 Å². The van der Waals surface area contributed by atoms with Crippen molar-refractivity contribution in [1.29, 1.82) is 0 Å². The lowest BCUT2D eigenvalue weighted by Crippen LogP contribution is -2.07. The monoisotopic (exact) mass is 374 g/mol. The van der Waals surface area contributed by atoms with Crippen LogP contribution in [0.4, 0.5) is 34.4 Å². The van der Waals surface area contributed by atoms with Crippen molar-refractivity contribution in [1.82, 2.24) is 9.97 Å². The van der Waals surface area contributed by atoms with Crippen LogP contribution in [-0.4, -0.2) is 22.9 Å². The Morgan fingerprint density at radius 1 is 0.857 bits per heavy atom. The van der Waals surface area contributed by atoms with Crippen molar-refractivity contribution in [3.05, 3.63) is 73.1 Å². The number of carbonyl (C=O) groups is 1. The van der Waals surface area contributed by atoms with Gasteiger partial charge in [-0.3, -0.25) is 4.79 Å². The van der Waals surface area contributed by atoms with Crippen LogP contribution >= 0.6 is 0 Å². The van der Waals surface area contributed by atoms with E-state index in [0.717, 1.165) is 17.1 Å². The van der Waals surface area contributed by atoms with Gasteiger partial charge < -0.3 is 21.3 Å². The van der Waals surface area contributed by atoms with Crippen molar-refractivity contribution in [2.45, 2.75) is 6.92 Å². The van der Waals surface area contributed by atoms with E-state index in [-0.39, 0.29) is 5.91 Å².